The Hall–Kier alpha value is -1.52. The van der Waals surface area contributed by atoms with Gasteiger partial charge in [-0.3, -0.25) is 9.48 Å². The third kappa shape index (κ3) is 3.27. The molecule has 0 atom stereocenters. The minimum Gasteiger partial charge on any atom is -0.382 e. The van der Waals surface area contributed by atoms with Crippen LogP contribution in [0.2, 0.25) is 0 Å². The molecule has 0 aliphatic carbocycles. The van der Waals surface area contributed by atoms with E-state index in [4.69, 9.17) is 5.73 Å². The molecular formula is C10H18N4O. The quantitative estimate of drug-likeness (QED) is 0.793. The van der Waals surface area contributed by atoms with E-state index in [1.165, 1.54) is 0 Å². The van der Waals surface area contributed by atoms with Crippen molar-refractivity contribution in [1.82, 2.24) is 14.7 Å². The number of amides is 1. The molecule has 1 aromatic rings. The van der Waals surface area contributed by atoms with Crippen molar-refractivity contribution in [3.8, 4) is 0 Å². The number of nitrogens with two attached hydrogens (primary N) is 1. The summed E-state index contributed by atoms with van der Waals surface area (Å²) in [6, 6.07) is 1.83. The van der Waals surface area contributed by atoms with E-state index in [0.29, 0.717) is 12.2 Å². The molecule has 84 valence electrons. The first-order valence-electron chi connectivity index (χ1n) is 5.01. The maximum absolute atomic E-state index is 11.3. The van der Waals surface area contributed by atoms with E-state index in [-0.39, 0.29) is 5.91 Å². The normalized spacial score (nSPS) is 10.3. The van der Waals surface area contributed by atoms with E-state index >= 15 is 0 Å². The summed E-state index contributed by atoms with van der Waals surface area (Å²) in [5.41, 5.74) is 6.58. The summed E-state index contributed by atoms with van der Waals surface area (Å²) in [6.45, 7) is 2.69. The summed E-state index contributed by atoms with van der Waals surface area (Å²) in [6.07, 6.45) is 1.34. The maximum Gasteiger partial charge on any atom is 0.222 e. The van der Waals surface area contributed by atoms with Gasteiger partial charge in [-0.05, 0) is 13.3 Å². The predicted molar refractivity (Wildman–Crippen MR) is 59.3 cm³/mol. The standard InChI is InChI=1S/C10H18N4O/c1-8-7-9(11)12-14(8)6-4-5-10(15)13(2)3/h7H,4-6H2,1-3H3,(H2,11,12). The van der Waals surface area contributed by atoms with Crippen molar-refractivity contribution in [2.75, 3.05) is 19.8 Å². The Balaban J connectivity index is 2.38. The van der Waals surface area contributed by atoms with Crippen LogP contribution in [0.3, 0.4) is 0 Å². The third-order valence-corrected chi connectivity index (χ3v) is 2.26. The largest absolute Gasteiger partial charge is 0.382 e. The molecule has 2 N–H and O–H groups in total. The van der Waals surface area contributed by atoms with Crippen LogP contribution in [0.25, 0.3) is 0 Å². The van der Waals surface area contributed by atoms with Crippen LogP contribution in [0.4, 0.5) is 5.82 Å². The van der Waals surface area contributed by atoms with Crippen molar-refractivity contribution in [2.24, 2.45) is 0 Å². The van der Waals surface area contributed by atoms with Gasteiger partial charge >= 0.3 is 0 Å². The van der Waals surface area contributed by atoms with Gasteiger partial charge in [-0.25, -0.2) is 0 Å². The Morgan fingerprint density at radius 3 is 2.73 bits per heavy atom. The van der Waals surface area contributed by atoms with Gasteiger partial charge in [-0.2, -0.15) is 5.10 Å². The summed E-state index contributed by atoms with van der Waals surface area (Å²) in [7, 11) is 3.53. The van der Waals surface area contributed by atoms with Crippen LogP contribution in [0.1, 0.15) is 18.5 Å². The smallest absolute Gasteiger partial charge is 0.222 e. The Kier molecular flexibility index (Phi) is 3.71. The Labute approximate surface area is 89.9 Å². The van der Waals surface area contributed by atoms with Crippen LogP contribution in [0, 0.1) is 6.92 Å². The Morgan fingerprint density at radius 1 is 1.60 bits per heavy atom. The van der Waals surface area contributed by atoms with Crippen LogP contribution in [0.15, 0.2) is 6.07 Å². The lowest BCUT2D eigenvalue weighted by Crippen LogP contribution is -2.21. The Bertz CT molecular complexity index is 343. The number of nitrogens with zero attached hydrogens (tertiary/aromatic N) is 3. The lowest BCUT2D eigenvalue weighted by atomic mass is 10.3. The lowest BCUT2D eigenvalue weighted by molar-refractivity contribution is -0.128. The number of carbonyl (C=O) groups is 1. The van der Waals surface area contributed by atoms with Gasteiger partial charge in [0.2, 0.25) is 5.91 Å². The zero-order chi connectivity index (χ0) is 11.4. The van der Waals surface area contributed by atoms with Crippen LogP contribution in [-0.4, -0.2) is 34.7 Å². The summed E-state index contributed by atoms with van der Waals surface area (Å²) >= 11 is 0. The minimum absolute atomic E-state index is 0.146. The number of carbonyl (C=O) groups excluding carboxylic acids is 1. The number of nitrogen functional groups attached to an aromatic ring is 1. The number of aryl methyl sites for hydroxylation is 2. The van der Waals surface area contributed by atoms with Crippen LogP contribution in [0.5, 0.6) is 0 Å². The van der Waals surface area contributed by atoms with E-state index < -0.39 is 0 Å². The van der Waals surface area contributed by atoms with Crippen LogP contribution < -0.4 is 5.73 Å². The second-order valence-electron chi connectivity index (χ2n) is 3.83. The SMILES string of the molecule is Cc1cc(N)nn1CCCC(=O)N(C)C. The van der Waals surface area contributed by atoms with Gasteiger partial charge in [-0.1, -0.05) is 0 Å². The fraction of sp³-hybridized carbons (Fsp3) is 0.600. The van der Waals surface area contributed by atoms with Gasteiger partial charge < -0.3 is 10.6 Å². The highest BCUT2D eigenvalue weighted by Crippen LogP contribution is 2.06. The molecule has 0 saturated carbocycles. The van der Waals surface area contributed by atoms with Crippen molar-refractivity contribution in [1.29, 1.82) is 0 Å². The van der Waals surface area contributed by atoms with E-state index in [1.807, 2.05) is 17.7 Å². The van der Waals surface area contributed by atoms with E-state index in [1.54, 1.807) is 19.0 Å². The van der Waals surface area contributed by atoms with Crippen molar-refractivity contribution >= 4 is 11.7 Å². The second kappa shape index (κ2) is 4.82. The molecule has 1 heterocycles. The molecule has 0 aliphatic heterocycles. The van der Waals surface area contributed by atoms with Crippen molar-refractivity contribution < 1.29 is 4.79 Å². The number of rotatable bonds is 4. The fourth-order valence-electron chi connectivity index (χ4n) is 1.37. The molecule has 0 unspecified atom stereocenters. The van der Waals surface area contributed by atoms with Gasteiger partial charge in [0, 0.05) is 38.8 Å². The molecule has 15 heavy (non-hydrogen) atoms. The molecule has 1 aromatic heterocycles. The fourth-order valence-corrected chi connectivity index (χ4v) is 1.37. The topological polar surface area (TPSA) is 64.1 Å². The highest BCUT2D eigenvalue weighted by molar-refractivity contribution is 5.75. The first kappa shape index (κ1) is 11.6. The molecule has 0 spiro atoms. The van der Waals surface area contributed by atoms with Crippen molar-refractivity contribution in [3.05, 3.63) is 11.8 Å². The average Bonchev–Trinajstić information content (AvgIpc) is 2.45. The molecule has 5 heteroatoms. The van der Waals surface area contributed by atoms with E-state index in [9.17, 15) is 4.79 Å². The highest BCUT2D eigenvalue weighted by atomic mass is 16.2. The van der Waals surface area contributed by atoms with Gasteiger partial charge in [0.25, 0.3) is 0 Å². The number of aromatic nitrogens is 2. The molecule has 0 fully saturated rings. The molecule has 0 saturated heterocycles. The summed E-state index contributed by atoms with van der Waals surface area (Å²) in [4.78, 5) is 12.9. The average molecular weight is 210 g/mol. The first-order chi connectivity index (χ1) is 7.00. The lowest BCUT2D eigenvalue weighted by Gasteiger charge is -2.10. The molecule has 0 bridgehead atoms. The van der Waals surface area contributed by atoms with Gasteiger partial charge in [0.05, 0.1) is 0 Å². The molecule has 1 rings (SSSR count). The molecular weight excluding hydrogens is 192 g/mol. The highest BCUT2D eigenvalue weighted by Gasteiger charge is 2.05. The molecule has 5 nitrogen and oxygen atoms in total. The van der Waals surface area contributed by atoms with E-state index in [0.717, 1.165) is 18.7 Å². The van der Waals surface area contributed by atoms with Crippen LogP contribution in [-0.2, 0) is 11.3 Å². The maximum atomic E-state index is 11.3. The third-order valence-electron chi connectivity index (χ3n) is 2.26. The zero-order valence-electron chi connectivity index (χ0n) is 9.53. The summed E-state index contributed by atoms with van der Waals surface area (Å²) < 4.78 is 1.83. The minimum atomic E-state index is 0.146. The first-order valence-corrected chi connectivity index (χ1v) is 5.01. The van der Waals surface area contributed by atoms with Gasteiger partial charge in [0.1, 0.15) is 5.82 Å². The van der Waals surface area contributed by atoms with Crippen molar-refractivity contribution in [3.63, 3.8) is 0 Å². The summed E-state index contributed by atoms with van der Waals surface area (Å²) in [5.74, 6) is 0.680. The predicted octanol–water partition coefficient (Wildman–Crippen LogP) is 0.642. The number of anilines is 1. The van der Waals surface area contributed by atoms with Crippen molar-refractivity contribution in [2.45, 2.75) is 26.3 Å². The Morgan fingerprint density at radius 2 is 2.27 bits per heavy atom. The number of hydrogen-bond donors (Lipinski definition) is 1. The monoisotopic (exact) mass is 210 g/mol. The zero-order valence-corrected chi connectivity index (χ0v) is 9.53. The second-order valence-corrected chi connectivity index (χ2v) is 3.83. The van der Waals surface area contributed by atoms with Gasteiger partial charge in [0.15, 0.2) is 0 Å². The van der Waals surface area contributed by atoms with Gasteiger partial charge in [-0.15, -0.1) is 0 Å². The molecule has 0 aromatic carbocycles. The molecule has 0 aliphatic rings. The number of hydrogen-bond acceptors (Lipinski definition) is 3. The van der Waals surface area contributed by atoms with Crippen LogP contribution >= 0.6 is 0 Å². The van der Waals surface area contributed by atoms with E-state index in [2.05, 4.69) is 5.10 Å². The molecule has 0 radical (unpaired) electrons. The molecule has 1 amide bonds. The summed E-state index contributed by atoms with van der Waals surface area (Å²) in [5, 5.41) is 4.12.